The fourth-order valence-electron chi connectivity index (χ4n) is 4.60. The molecule has 38 heavy (non-hydrogen) atoms. The van der Waals surface area contributed by atoms with Crippen LogP contribution < -0.4 is 20.7 Å². The molecule has 0 aliphatic carbocycles. The van der Waals surface area contributed by atoms with Gasteiger partial charge in [-0.3, -0.25) is 10.3 Å². The maximum Gasteiger partial charge on any atom is 0.414 e. The third kappa shape index (κ3) is 6.30. The molecule has 1 fully saturated rings. The molecule has 1 aliphatic rings. The van der Waals surface area contributed by atoms with Crippen LogP contribution in [0.2, 0.25) is 0 Å². The normalized spacial score (nSPS) is 14.8. The maximum absolute atomic E-state index is 13.2. The Labute approximate surface area is 222 Å². The SMILES string of the molecule is N=C(N)c1ccc2ccc(CN(C(=O)OCCc3ccc(OC4CCNC4)cc3)c3ccccc3)cc2c1. The molecule has 1 atom stereocenters. The largest absolute Gasteiger partial charge is 0.489 e. The molecule has 0 spiro atoms. The van der Waals surface area contributed by atoms with Crippen molar-refractivity contribution in [2.45, 2.75) is 25.5 Å². The smallest absolute Gasteiger partial charge is 0.414 e. The maximum atomic E-state index is 13.2. The number of anilines is 1. The number of amides is 1. The van der Waals surface area contributed by atoms with Gasteiger partial charge in [-0.2, -0.15) is 0 Å². The van der Waals surface area contributed by atoms with Crippen molar-refractivity contribution in [2.75, 3.05) is 24.6 Å². The molecule has 4 aromatic rings. The molecule has 0 saturated carbocycles. The third-order valence-corrected chi connectivity index (χ3v) is 6.70. The van der Waals surface area contributed by atoms with E-state index >= 15 is 0 Å². The van der Waals surface area contributed by atoms with Crippen molar-refractivity contribution in [2.24, 2.45) is 5.73 Å². The van der Waals surface area contributed by atoms with E-state index in [2.05, 4.69) is 5.32 Å². The summed E-state index contributed by atoms with van der Waals surface area (Å²) in [5.74, 6) is 0.889. The van der Waals surface area contributed by atoms with Crippen LogP contribution in [0.5, 0.6) is 5.75 Å². The summed E-state index contributed by atoms with van der Waals surface area (Å²) >= 11 is 0. The van der Waals surface area contributed by atoms with Gasteiger partial charge in [0.25, 0.3) is 0 Å². The quantitative estimate of drug-likeness (QED) is 0.212. The number of para-hydroxylation sites is 1. The van der Waals surface area contributed by atoms with Crippen LogP contribution in [0.25, 0.3) is 10.8 Å². The number of benzene rings is 4. The number of hydrogen-bond acceptors (Lipinski definition) is 5. The Kier molecular flexibility index (Phi) is 7.85. The molecule has 1 heterocycles. The predicted molar refractivity (Wildman–Crippen MR) is 151 cm³/mol. The van der Waals surface area contributed by atoms with Gasteiger partial charge in [0.1, 0.15) is 17.7 Å². The standard InChI is InChI=1S/C31H32N4O3/c32-30(33)25-11-10-24-9-6-23(18-26(24)19-25)21-35(27-4-2-1-3-5-27)31(36)37-17-15-22-7-12-28(13-8-22)38-29-14-16-34-20-29/h1-13,18-19,29,34H,14-17,20-21H2,(H3,32,33). The van der Waals surface area contributed by atoms with E-state index in [1.54, 1.807) is 4.90 Å². The van der Waals surface area contributed by atoms with Gasteiger partial charge in [0, 0.05) is 24.2 Å². The summed E-state index contributed by atoms with van der Waals surface area (Å²) in [6, 6.07) is 29.2. The monoisotopic (exact) mass is 508 g/mol. The van der Waals surface area contributed by atoms with Crippen molar-refractivity contribution in [3.05, 3.63) is 108 Å². The number of carbonyl (C=O) groups excluding carboxylic acids is 1. The highest BCUT2D eigenvalue weighted by atomic mass is 16.6. The lowest BCUT2D eigenvalue weighted by Gasteiger charge is -2.23. The Bertz CT molecular complexity index is 1400. The Hall–Kier alpha value is -4.36. The highest BCUT2D eigenvalue weighted by Gasteiger charge is 2.19. The van der Waals surface area contributed by atoms with Gasteiger partial charge in [-0.15, -0.1) is 0 Å². The lowest BCUT2D eigenvalue weighted by atomic mass is 10.0. The Balaban J connectivity index is 1.24. The number of hydrogen-bond donors (Lipinski definition) is 3. The number of fused-ring (bicyclic) bond motifs is 1. The molecular weight excluding hydrogens is 476 g/mol. The first-order valence-electron chi connectivity index (χ1n) is 12.9. The highest BCUT2D eigenvalue weighted by Crippen LogP contribution is 2.23. The van der Waals surface area contributed by atoms with Crippen molar-refractivity contribution >= 4 is 28.4 Å². The number of nitrogens with two attached hydrogens (primary N) is 1. The van der Waals surface area contributed by atoms with Crippen LogP contribution in [0.3, 0.4) is 0 Å². The molecule has 4 N–H and O–H groups in total. The first kappa shape index (κ1) is 25.3. The zero-order valence-corrected chi connectivity index (χ0v) is 21.2. The van der Waals surface area contributed by atoms with Crippen molar-refractivity contribution in [3.63, 3.8) is 0 Å². The second-order valence-corrected chi connectivity index (χ2v) is 9.47. The molecule has 0 bridgehead atoms. The van der Waals surface area contributed by atoms with Crippen LogP contribution in [0.15, 0.2) is 91.0 Å². The van der Waals surface area contributed by atoms with Crippen LogP contribution in [0, 0.1) is 5.41 Å². The molecular formula is C31H32N4O3. The van der Waals surface area contributed by atoms with Crippen molar-refractivity contribution in [3.8, 4) is 5.75 Å². The summed E-state index contributed by atoms with van der Waals surface area (Å²) in [5.41, 5.74) is 9.14. The van der Waals surface area contributed by atoms with E-state index in [0.717, 1.165) is 52.8 Å². The molecule has 1 saturated heterocycles. The van der Waals surface area contributed by atoms with Crippen LogP contribution in [0.4, 0.5) is 10.5 Å². The minimum absolute atomic E-state index is 0.0278. The second kappa shape index (κ2) is 11.8. The van der Waals surface area contributed by atoms with Crippen molar-refractivity contribution in [1.82, 2.24) is 5.32 Å². The Morgan fingerprint density at radius 3 is 2.45 bits per heavy atom. The average Bonchev–Trinajstić information content (AvgIpc) is 3.45. The predicted octanol–water partition coefficient (Wildman–Crippen LogP) is 5.25. The zero-order chi connectivity index (χ0) is 26.3. The van der Waals surface area contributed by atoms with E-state index in [4.69, 9.17) is 20.6 Å². The fraction of sp³-hybridized carbons (Fsp3) is 0.226. The van der Waals surface area contributed by atoms with Gasteiger partial charge in [0.2, 0.25) is 0 Å². The molecule has 4 aromatic carbocycles. The van der Waals surface area contributed by atoms with E-state index in [-0.39, 0.29) is 18.5 Å². The number of ether oxygens (including phenoxy) is 2. The molecule has 7 heteroatoms. The molecule has 7 nitrogen and oxygen atoms in total. The minimum atomic E-state index is -0.400. The summed E-state index contributed by atoms with van der Waals surface area (Å²) in [4.78, 5) is 14.9. The first-order valence-corrected chi connectivity index (χ1v) is 12.9. The fourth-order valence-corrected chi connectivity index (χ4v) is 4.60. The van der Waals surface area contributed by atoms with Crippen LogP contribution in [-0.2, 0) is 17.7 Å². The van der Waals surface area contributed by atoms with Crippen LogP contribution >= 0.6 is 0 Å². The summed E-state index contributed by atoms with van der Waals surface area (Å²) in [6.45, 7) is 2.50. The zero-order valence-electron chi connectivity index (χ0n) is 21.2. The van der Waals surface area contributed by atoms with Gasteiger partial charge in [-0.05, 0) is 71.3 Å². The van der Waals surface area contributed by atoms with E-state index in [0.29, 0.717) is 18.5 Å². The van der Waals surface area contributed by atoms with E-state index in [1.165, 1.54) is 0 Å². The average molecular weight is 509 g/mol. The molecule has 0 aromatic heterocycles. The number of rotatable bonds is 9. The van der Waals surface area contributed by atoms with Crippen molar-refractivity contribution < 1.29 is 14.3 Å². The lowest BCUT2D eigenvalue weighted by molar-refractivity contribution is 0.154. The minimum Gasteiger partial charge on any atom is -0.489 e. The van der Waals surface area contributed by atoms with Gasteiger partial charge in [-0.25, -0.2) is 4.79 Å². The number of amidine groups is 1. The van der Waals surface area contributed by atoms with E-state index in [1.807, 2.05) is 91.0 Å². The van der Waals surface area contributed by atoms with Gasteiger partial charge in [0.05, 0.1) is 13.2 Å². The van der Waals surface area contributed by atoms with Crippen LogP contribution in [0.1, 0.15) is 23.1 Å². The third-order valence-electron chi connectivity index (χ3n) is 6.70. The molecule has 1 unspecified atom stereocenters. The molecule has 0 radical (unpaired) electrons. The van der Waals surface area contributed by atoms with Gasteiger partial charge < -0.3 is 20.5 Å². The second-order valence-electron chi connectivity index (χ2n) is 9.47. The Morgan fingerprint density at radius 2 is 1.71 bits per heavy atom. The summed E-state index contributed by atoms with van der Waals surface area (Å²) < 4.78 is 11.7. The molecule has 194 valence electrons. The van der Waals surface area contributed by atoms with E-state index < -0.39 is 6.09 Å². The highest BCUT2D eigenvalue weighted by molar-refractivity contribution is 5.99. The van der Waals surface area contributed by atoms with Gasteiger partial charge in [0.15, 0.2) is 0 Å². The van der Waals surface area contributed by atoms with E-state index in [9.17, 15) is 4.79 Å². The number of nitrogens with one attached hydrogen (secondary N) is 2. The first-order chi connectivity index (χ1) is 18.5. The summed E-state index contributed by atoms with van der Waals surface area (Å²) in [6.07, 6.45) is 1.46. The number of nitrogens with zero attached hydrogens (tertiary/aromatic N) is 1. The molecule has 1 amide bonds. The van der Waals surface area contributed by atoms with Crippen molar-refractivity contribution in [1.29, 1.82) is 5.41 Å². The molecule has 1 aliphatic heterocycles. The number of nitrogen functional groups attached to an aromatic ring is 1. The summed E-state index contributed by atoms with van der Waals surface area (Å²) in [5, 5.41) is 13.0. The Morgan fingerprint density at radius 1 is 0.947 bits per heavy atom. The van der Waals surface area contributed by atoms with Crippen LogP contribution in [-0.4, -0.2) is 37.7 Å². The van der Waals surface area contributed by atoms with Gasteiger partial charge in [-0.1, -0.05) is 54.6 Å². The number of carbonyl (C=O) groups is 1. The summed E-state index contributed by atoms with van der Waals surface area (Å²) in [7, 11) is 0. The van der Waals surface area contributed by atoms with Gasteiger partial charge >= 0.3 is 6.09 Å². The lowest BCUT2D eigenvalue weighted by Crippen LogP contribution is -2.31. The molecule has 5 rings (SSSR count). The topological polar surface area (TPSA) is 101 Å².